The van der Waals surface area contributed by atoms with Crippen LogP contribution in [0.4, 0.5) is 0 Å². The smallest absolute Gasteiger partial charge is 0.271 e. The van der Waals surface area contributed by atoms with E-state index in [2.05, 4.69) is 27.4 Å². The van der Waals surface area contributed by atoms with Gasteiger partial charge in [-0.2, -0.15) is 5.10 Å². The number of pyridine rings is 1. The molecule has 0 aromatic carbocycles. The van der Waals surface area contributed by atoms with Gasteiger partial charge < -0.3 is 10.2 Å². The molecule has 1 aliphatic heterocycles. The summed E-state index contributed by atoms with van der Waals surface area (Å²) in [7, 11) is 0. The molecule has 0 spiro atoms. The van der Waals surface area contributed by atoms with E-state index in [-0.39, 0.29) is 17.7 Å². The second kappa shape index (κ2) is 8.76. The molecular weight excluding hydrogens is 366 g/mol. The molecule has 3 heterocycles. The monoisotopic (exact) mass is 395 g/mol. The van der Waals surface area contributed by atoms with Gasteiger partial charge in [-0.3, -0.25) is 19.7 Å². The van der Waals surface area contributed by atoms with Crippen LogP contribution in [0.5, 0.6) is 0 Å². The molecule has 29 heavy (non-hydrogen) atoms. The Kier molecular flexibility index (Phi) is 5.92. The number of aromatic amines is 1. The van der Waals surface area contributed by atoms with E-state index in [1.165, 1.54) is 12.8 Å². The summed E-state index contributed by atoms with van der Waals surface area (Å²) < 4.78 is 0. The Morgan fingerprint density at radius 1 is 1.14 bits per heavy atom. The van der Waals surface area contributed by atoms with Crippen molar-refractivity contribution in [2.45, 2.75) is 51.5 Å². The Balaban J connectivity index is 1.36. The van der Waals surface area contributed by atoms with Gasteiger partial charge in [0.15, 0.2) is 0 Å². The fraction of sp³-hybridized carbons (Fsp3) is 0.545. The van der Waals surface area contributed by atoms with Crippen molar-refractivity contribution in [2.24, 2.45) is 11.8 Å². The average molecular weight is 396 g/mol. The number of likely N-dealkylation sites (tertiary alicyclic amines) is 1. The summed E-state index contributed by atoms with van der Waals surface area (Å²) in [6, 6.07) is 5.78. The van der Waals surface area contributed by atoms with Crippen molar-refractivity contribution in [1.82, 2.24) is 25.4 Å². The number of hydrogen-bond donors (Lipinski definition) is 2. The molecule has 2 amide bonds. The third kappa shape index (κ3) is 4.66. The maximum absolute atomic E-state index is 12.9. The Hall–Kier alpha value is -2.70. The summed E-state index contributed by atoms with van der Waals surface area (Å²) in [5.74, 6) is 0.637. The lowest BCUT2D eigenvalue weighted by molar-refractivity contribution is -0.127. The van der Waals surface area contributed by atoms with Crippen molar-refractivity contribution in [3.8, 4) is 11.3 Å². The Morgan fingerprint density at radius 3 is 2.66 bits per heavy atom. The molecule has 1 unspecified atom stereocenters. The average Bonchev–Trinajstić information content (AvgIpc) is 3.26. The minimum Gasteiger partial charge on any atom is -0.353 e. The highest BCUT2D eigenvalue weighted by molar-refractivity contribution is 5.94. The number of nitrogens with zero attached hydrogens (tertiary/aromatic N) is 3. The van der Waals surface area contributed by atoms with E-state index in [1.54, 1.807) is 23.4 Å². The molecule has 2 fully saturated rings. The van der Waals surface area contributed by atoms with Crippen molar-refractivity contribution >= 4 is 11.8 Å². The largest absolute Gasteiger partial charge is 0.353 e. The van der Waals surface area contributed by atoms with Crippen LogP contribution in [0.15, 0.2) is 30.6 Å². The lowest BCUT2D eigenvalue weighted by Gasteiger charge is -2.33. The van der Waals surface area contributed by atoms with Gasteiger partial charge in [0.2, 0.25) is 5.91 Å². The van der Waals surface area contributed by atoms with E-state index >= 15 is 0 Å². The minimum absolute atomic E-state index is 0.0956. The number of rotatable bonds is 4. The lowest BCUT2D eigenvalue weighted by Crippen LogP contribution is -2.48. The highest BCUT2D eigenvalue weighted by atomic mass is 16.2. The zero-order chi connectivity index (χ0) is 20.2. The Labute approximate surface area is 171 Å². The van der Waals surface area contributed by atoms with Crippen molar-refractivity contribution in [3.05, 3.63) is 36.3 Å². The second-order valence-corrected chi connectivity index (χ2v) is 8.46. The van der Waals surface area contributed by atoms with Crippen LogP contribution in [-0.2, 0) is 4.79 Å². The maximum atomic E-state index is 12.9. The fourth-order valence-electron chi connectivity index (χ4n) is 4.37. The normalized spacial score (nSPS) is 24.9. The fourth-order valence-corrected chi connectivity index (χ4v) is 4.37. The molecule has 2 aromatic heterocycles. The number of nitrogens with one attached hydrogen (secondary N) is 2. The van der Waals surface area contributed by atoms with E-state index in [1.807, 2.05) is 12.1 Å². The first-order valence-electron chi connectivity index (χ1n) is 10.7. The first-order chi connectivity index (χ1) is 14.1. The zero-order valence-electron chi connectivity index (χ0n) is 16.9. The van der Waals surface area contributed by atoms with Crippen molar-refractivity contribution in [2.75, 3.05) is 13.1 Å². The summed E-state index contributed by atoms with van der Waals surface area (Å²) in [6.07, 6.45) is 9.57. The van der Waals surface area contributed by atoms with Gasteiger partial charge >= 0.3 is 0 Å². The molecule has 0 bridgehead atoms. The molecule has 1 saturated heterocycles. The van der Waals surface area contributed by atoms with Crippen molar-refractivity contribution in [3.63, 3.8) is 0 Å². The molecule has 2 aromatic rings. The standard InChI is InChI=1S/C22H29N5O2/c1-15-4-6-18(7-5-15)24-21(28)17-3-2-12-27(14-17)22(29)20-13-19(25-26-20)16-8-10-23-11-9-16/h8-11,13,15,17-18H,2-7,12,14H2,1H3,(H,24,28)(H,25,26). The summed E-state index contributed by atoms with van der Waals surface area (Å²) in [4.78, 5) is 31.5. The van der Waals surface area contributed by atoms with Crippen LogP contribution >= 0.6 is 0 Å². The van der Waals surface area contributed by atoms with Crippen molar-refractivity contribution < 1.29 is 9.59 Å². The van der Waals surface area contributed by atoms with E-state index in [0.29, 0.717) is 30.5 Å². The Morgan fingerprint density at radius 2 is 1.90 bits per heavy atom. The maximum Gasteiger partial charge on any atom is 0.271 e. The molecule has 1 aliphatic carbocycles. The zero-order valence-corrected chi connectivity index (χ0v) is 16.9. The molecule has 1 atom stereocenters. The van der Waals surface area contributed by atoms with E-state index < -0.39 is 0 Å². The molecule has 154 valence electrons. The first kappa shape index (κ1) is 19.6. The van der Waals surface area contributed by atoms with E-state index in [4.69, 9.17) is 0 Å². The Bertz CT molecular complexity index is 842. The van der Waals surface area contributed by atoms with Gasteiger partial charge in [-0.1, -0.05) is 6.92 Å². The summed E-state index contributed by atoms with van der Waals surface area (Å²) in [6.45, 7) is 3.42. The second-order valence-electron chi connectivity index (χ2n) is 8.46. The summed E-state index contributed by atoms with van der Waals surface area (Å²) in [5, 5.41) is 10.3. The van der Waals surface area contributed by atoms with Crippen LogP contribution in [-0.4, -0.2) is 51.0 Å². The number of carbonyl (C=O) groups is 2. The SMILES string of the molecule is CC1CCC(NC(=O)C2CCCN(C(=O)c3cc(-c4ccncc4)n[nH]3)C2)CC1. The number of piperidine rings is 1. The van der Waals surface area contributed by atoms with Gasteiger partial charge in [-0.25, -0.2) is 0 Å². The molecule has 0 radical (unpaired) electrons. The van der Waals surface area contributed by atoms with Gasteiger partial charge in [0.05, 0.1) is 11.6 Å². The molecule has 2 aliphatic rings. The quantitative estimate of drug-likeness (QED) is 0.832. The van der Waals surface area contributed by atoms with E-state index in [0.717, 1.165) is 37.2 Å². The van der Waals surface area contributed by atoms with Gasteiger partial charge in [-0.05, 0) is 62.6 Å². The van der Waals surface area contributed by atoms with Crippen LogP contribution in [0, 0.1) is 11.8 Å². The third-order valence-corrected chi connectivity index (χ3v) is 6.23. The number of hydrogen-bond acceptors (Lipinski definition) is 4. The van der Waals surface area contributed by atoms with Gasteiger partial charge in [0.1, 0.15) is 5.69 Å². The third-order valence-electron chi connectivity index (χ3n) is 6.23. The van der Waals surface area contributed by atoms with Gasteiger partial charge in [0, 0.05) is 37.1 Å². The summed E-state index contributed by atoms with van der Waals surface area (Å²) in [5.41, 5.74) is 2.08. The van der Waals surface area contributed by atoms with E-state index in [9.17, 15) is 9.59 Å². The number of carbonyl (C=O) groups excluding carboxylic acids is 2. The predicted octanol–water partition coefficient (Wildman–Crippen LogP) is 3.02. The predicted molar refractivity (Wildman–Crippen MR) is 110 cm³/mol. The molecule has 7 nitrogen and oxygen atoms in total. The number of amides is 2. The molecule has 1 saturated carbocycles. The summed E-state index contributed by atoms with van der Waals surface area (Å²) >= 11 is 0. The highest BCUT2D eigenvalue weighted by Gasteiger charge is 2.31. The molecule has 2 N–H and O–H groups in total. The lowest BCUT2D eigenvalue weighted by atomic mass is 9.87. The van der Waals surface area contributed by atoms with Crippen LogP contribution in [0.2, 0.25) is 0 Å². The molecular formula is C22H29N5O2. The van der Waals surface area contributed by atoms with Crippen LogP contribution in [0.25, 0.3) is 11.3 Å². The molecule has 7 heteroatoms. The first-order valence-corrected chi connectivity index (χ1v) is 10.7. The van der Waals surface area contributed by atoms with Crippen LogP contribution < -0.4 is 5.32 Å². The minimum atomic E-state index is -0.130. The van der Waals surface area contributed by atoms with Crippen molar-refractivity contribution in [1.29, 1.82) is 0 Å². The molecule has 4 rings (SSSR count). The number of H-pyrrole nitrogens is 1. The topological polar surface area (TPSA) is 91.0 Å². The van der Waals surface area contributed by atoms with Crippen LogP contribution in [0.1, 0.15) is 55.9 Å². The number of aromatic nitrogens is 3. The van der Waals surface area contributed by atoms with Gasteiger partial charge in [0.25, 0.3) is 5.91 Å². The van der Waals surface area contributed by atoms with Gasteiger partial charge in [-0.15, -0.1) is 0 Å². The highest BCUT2D eigenvalue weighted by Crippen LogP contribution is 2.25. The van der Waals surface area contributed by atoms with Crippen LogP contribution in [0.3, 0.4) is 0 Å².